The normalized spacial score (nSPS) is 21.6. The van der Waals surface area contributed by atoms with Crippen LogP contribution in [0.1, 0.15) is 26.7 Å². The maximum Gasteiger partial charge on any atom is 0.246 e. The van der Waals surface area contributed by atoms with Crippen molar-refractivity contribution in [3.05, 3.63) is 12.7 Å². The van der Waals surface area contributed by atoms with Crippen molar-refractivity contribution in [2.75, 3.05) is 13.1 Å². The van der Waals surface area contributed by atoms with E-state index < -0.39 is 0 Å². The van der Waals surface area contributed by atoms with Crippen molar-refractivity contribution in [3.8, 4) is 0 Å². The summed E-state index contributed by atoms with van der Waals surface area (Å²) in [6.07, 6.45) is 3.64. The van der Waals surface area contributed by atoms with Gasteiger partial charge >= 0.3 is 0 Å². The number of hydrogen-bond acceptors (Lipinski definition) is 2. The third-order valence-electron chi connectivity index (χ3n) is 2.60. The van der Waals surface area contributed by atoms with Crippen LogP contribution in [0.4, 0.5) is 0 Å². The minimum atomic E-state index is 0.0676. The van der Waals surface area contributed by atoms with E-state index in [4.69, 9.17) is 0 Å². The molecular formula is C11H20N2O. The Labute approximate surface area is 86.2 Å². The fourth-order valence-corrected chi connectivity index (χ4v) is 1.83. The summed E-state index contributed by atoms with van der Waals surface area (Å²) in [5.41, 5.74) is 0. The summed E-state index contributed by atoms with van der Waals surface area (Å²) >= 11 is 0. The highest BCUT2D eigenvalue weighted by molar-refractivity contribution is 5.87. The highest BCUT2D eigenvalue weighted by atomic mass is 16.2. The van der Waals surface area contributed by atoms with E-state index in [1.807, 2.05) is 4.90 Å². The molecule has 1 heterocycles. The van der Waals surface area contributed by atoms with Gasteiger partial charge in [-0.05, 0) is 18.9 Å². The number of nitrogens with one attached hydrogen (secondary N) is 1. The molecule has 1 fully saturated rings. The van der Waals surface area contributed by atoms with Crippen LogP contribution in [0.5, 0.6) is 0 Å². The Hall–Kier alpha value is -0.830. The van der Waals surface area contributed by atoms with Gasteiger partial charge in [-0.25, -0.2) is 0 Å². The predicted molar refractivity (Wildman–Crippen MR) is 58.1 cm³/mol. The van der Waals surface area contributed by atoms with Gasteiger partial charge in [-0.15, -0.1) is 0 Å². The largest absolute Gasteiger partial charge is 0.335 e. The molecule has 0 aliphatic carbocycles. The van der Waals surface area contributed by atoms with Gasteiger partial charge in [-0.1, -0.05) is 20.4 Å². The molecule has 1 saturated heterocycles. The lowest BCUT2D eigenvalue weighted by Gasteiger charge is -2.24. The van der Waals surface area contributed by atoms with Crippen LogP contribution in [-0.4, -0.2) is 36.0 Å². The van der Waals surface area contributed by atoms with Crippen LogP contribution < -0.4 is 5.32 Å². The van der Waals surface area contributed by atoms with E-state index in [1.54, 1.807) is 0 Å². The molecule has 1 aliphatic heterocycles. The second-order valence-electron chi connectivity index (χ2n) is 4.09. The first-order chi connectivity index (χ1) is 6.65. The lowest BCUT2D eigenvalue weighted by molar-refractivity contribution is -0.126. The zero-order valence-electron chi connectivity index (χ0n) is 9.12. The average molecular weight is 196 g/mol. The van der Waals surface area contributed by atoms with E-state index in [2.05, 4.69) is 25.7 Å². The molecule has 1 aliphatic rings. The zero-order chi connectivity index (χ0) is 10.6. The molecule has 0 aromatic carbocycles. The van der Waals surface area contributed by atoms with Gasteiger partial charge in [0.1, 0.15) is 0 Å². The Morgan fingerprint density at radius 3 is 3.00 bits per heavy atom. The van der Waals surface area contributed by atoms with Gasteiger partial charge in [0, 0.05) is 25.2 Å². The van der Waals surface area contributed by atoms with Crippen LogP contribution >= 0.6 is 0 Å². The van der Waals surface area contributed by atoms with E-state index in [1.165, 1.54) is 6.08 Å². The summed E-state index contributed by atoms with van der Waals surface area (Å²) in [6.45, 7) is 9.55. The molecule has 80 valence electrons. The summed E-state index contributed by atoms with van der Waals surface area (Å²) < 4.78 is 0. The molecule has 1 atom stereocenters. The second kappa shape index (κ2) is 5.15. The van der Waals surface area contributed by atoms with E-state index in [-0.39, 0.29) is 5.91 Å². The van der Waals surface area contributed by atoms with Gasteiger partial charge in [-0.2, -0.15) is 0 Å². The molecule has 3 nitrogen and oxygen atoms in total. The van der Waals surface area contributed by atoms with Crippen LogP contribution in [-0.2, 0) is 4.79 Å². The first-order valence-electron chi connectivity index (χ1n) is 5.31. The molecule has 0 radical (unpaired) electrons. The quantitative estimate of drug-likeness (QED) is 0.684. The van der Waals surface area contributed by atoms with Crippen molar-refractivity contribution in [2.45, 2.75) is 38.8 Å². The number of amides is 1. The van der Waals surface area contributed by atoms with Crippen molar-refractivity contribution in [2.24, 2.45) is 0 Å². The van der Waals surface area contributed by atoms with Crippen molar-refractivity contribution in [3.63, 3.8) is 0 Å². The number of carbonyl (C=O) groups is 1. The number of nitrogens with zero attached hydrogens (tertiary/aromatic N) is 1. The van der Waals surface area contributed by atoms with E-state index in [0.29, 0.717) is 12.1 Å². The van der Waals surface area contributed by atoms with Gasteiger partial charge < -0.3 is 10.2 Å². The third-order valence-corrected chi connectivity index (χ3v) is 2.60. The van der Waals surface area contributed by atoms with Gasteiger partial charge in [0.15, 0.2) is 0 Å². The average Bonchev–Trinajstić information content (AvgIpc) is 2.61. The Kier molecular flexibility index (Phi) is 4.14. The molecule has 3 heteroatoms. The Balaban J connectivity index is 2.43. The first kappa shape index (κ1) is 11.2. The summed E-state index contributed by atoms with van der Waals surface area (Å²) in [5.74, 6) is 0.0676. The predicted octanol–water partition coefficient (Wildman–Crippen LogP) is 1.16. The molecule has 0 bridgehead atoms. The molecule has 0 spiro atoms. The van der Waals surface area contributed by atoms with E-state index in [0.717, 1.165) is 25.9 Å². The van der Waals surface area contributed by atoms with Crippen molar-refractivity contribution >= 4 is 5.91 Å². The Morgan fingerprint density at radius 2 is 2.43 bits per heavy atom. The molecular weight excluding hydrogens is 176 g/mol. The van der Waals surface area contributed by atoms with Gasteiger partial charge in [-0.3, -0.25) is 4.79 Å². The molecule has 0 aromatic heterocycles. The van der Waals surface area contributed by atoms with Gasteiger partial charge in [0.25, 0.3) is 0 Å². The second-order valence-corrected chi connectivity index (χ2v) is 4.09. The first-order valence-corrected chi connectivity index (χ1v) is 5.31. The number of rotatable bonds is 4. The third kappa shape index (κ3) is 2.84. The Bertz CT molecular complexity index is 213. The lowest BCUT2D eigenvalue weighted by atomic mass is 10.2. The zero-order valence-corrected chi connectivity index (χ0v) is 9.12. The minimum absolute atomic E-state index is 0.0676. The molecule has 1 amide bonds. The molecule has 0 aromatic rings. The number of hydrogen-bond donors (Lipinski definition) is 1. The molecule has 0 saturated carbocycles. The lowest BCUT2D eigenvalue weighted by Crippen LogP contribution is -2.42. The standard InChI is InChI=1S/C11H20N2O/c1-4-11(14)13-7-5-6-10(13)8-12-9(2)3/h4,9-10,12H,1,5-8H2,2-3H3. The van der Waals surface area contributed by atoms with Crippen LogP contribution in [0.2, 0.25) is 0 Å². The summed E-state index contributed by atoms with van der Waals surface area (Å²) in [6, 6.07) is 0.846. The van der Waals surface area contributed by atoms with Crippen LogP contribution in [0.25, 0.3) is 0 Å². The fraction of sp³-hybridized carbons (Fsp3) is 0.727. The highest BCUT2D eigenvalue weighted by Crippen LogP contribution is 2.16. The van der Waals surface area contributed by atoms with Crippen molar-refractivity contribution in [1.82, 2.24) is 10.2 Å². The molecule has 14 heavy (non-hydrogen) atoms. The maximum atomic E-state index is 11.4. The number of carbonyl (C=O) groups excluding carboxylic acids is 1. The topological polar surface area (TPSA) is 32.3 Å². The smallest absolute Gasteiger partial charge is 0.246 e. The van der Waals surface area contributed by atoms with Gasteiger partial charge in [0.05, 0.1) is 0 Å². The highest BCUT2D eigenvalue weighted by Gasteiger charge is 2.26. The van der Waals surface area contributed by atoms with Crippen molar-refractivity contribution in [1.29, 1.82) is 0 Å². The molecule has 1 N–H and O–H groups in total. The minimum Gasteiger partial charge on any atom is -0.335 e. The monoisotopic (exact) mass is 196 g/mol. The van der Waals surface area contributed by atoms with Gasteiger partial charge in [0.2, 0.25) is 5.91 Å². The van der Waals surface area contributed by atoms with Crippen LogP contribution in [0.3, 0.4) is 0 Å². The van der Waals surface area contributed by atoms with Crippen LogP contribution in [0.15, 0.2) is 12.7 Å². The van der Waals surface area contributed by atoms with E-state index >= 15 is 0 Å². The summed E-state index contributed by atoms with van der Waals surface area (Å²) in [5, 5.41) is 3.37. The Morgan fingerprint density at radius 1 is 1.71 bits per heavy atom. The maximum absolute atomic E-state index is 11.4. The molecule has 1 rings (SSSR count). The fourth-order valence-electron chi connectivity index (χ4n) is 1.83. The number of likely N-dealkylation sites (tertiary alicyclic amines) is 1. The van der Waals surface area contributed by atoms with Crippen molar-refractivity contribution < 1.29 is 4.79 Å². The summed E-state index contributed by atoms with van der Waals surface area (Å²) in [7, 11) is 0. The summed E-state index contributed by atoms with van der Waals surface area (Å²) in [4.78, 5) is 13.4. The molecule has 1 unspecified atom stereocenters. The SMILES string of the molecule is C=CC(=O)N1CCCC1CNC(C)C. The van der Waals surface area contributed by atoms with Crippen LogP contribution in [0, 0.1) is 0 Å². The van der Waals surface area contributed by atoms with E-state index in [9.17, 15) is 4.79 Å².